The van der Waals surface area contributed by atoms with Gasteiger partial charge in [-0.3, -0.25) is 9.59 Å². The normalized spacial score (nSPS) is 49.3. The van der Waals surface area contributed by atoms with Crippen LogP contribution in [0.5, 0.6) is 0 Å². The minimum Gasteiger partial charge on any atom is -0.472 e. The number of esters is 3. The molecule has 6 rings (SSSR count). The second-order valence-electron chi connectivity index (χ2n) is 13.8. The Morgan fingerprint density at radius 1 is 0.974 bits per heavy atom. The monoisotopic (exact) mass is 544 g/mol. The molecule has 11 atom stereocenters. The minimum atomic E-state index is -0.975. The summed E-state index contributed by atoms with van der Waals surface area (Å²) >= 11 is 0. The number of cyclic esters (lactones) is 1. The molecule has 0 radical (unpaired) electrons. The lowest BCUT2D eigenvalue weighted by Crippen LogP contribution is -2.74. The molecule has 2 aliphatic heterocycles. The maximum absolute atomic E-state index is 13.5. The lowest BCUT2D eigenvalue weighted by atomic mass is 9.32. The molecule has 1 aromatic rings. The van der Waals surface area contributed by atoms with E-state index in [2.05, 4.69) is 27.7 Å². The maximum atomic E-state index is 13.5. The fourth-order valence-corrected chi connectivity index (χ4v) is 10.6. The van der Waals surface area contributed by atoms with Gasteiger partial charge in [0.15, 0.2) is 6.10 Å². The molecule has 1 aromatic heterocycles. The van der Waals surface area contributed by atoms with E-state index in [1.165, 1.54) is 14.2 Å². The van der Waals surface area contributed by atoms with E-state index in [0.29, 0.717) is 25.7 Å². The minimum absolute atomic E-state index is 0.182. The van der Waals surface area contributed by atoms with Crippen molar-refractivity contribution in [1.29, 1.82) is 0 Å². The van der Waals surface area contributed by atoms with Crippen molar-refractivity contribution in [2.45, 2.75) is 84.2 Å². The Morgan fingerprint density at radius 3 is 2.26 bits per heavy atom. The molecule has 2 saturated heterocycles. The zero-order valence-electron chi connectivity index (χ0n) is 23.8. The number of rotatable bonds is 3. The molecule has 5 aliphatic rings. The van der Waals surface area contributed by atoms with Crippen LogP contribution in [-0.4, -0.2) is 55.0 Å². The number of hydrogen-bond acceptors (Lipinski definition) is 9. The van der Waals surface area contributed by atoms with E-state index in [-0.39, 0.29) is 23.8 Å². The van der Waals surface area contributed by atoms with Gasteiger partial charge in [0.05, 0.1) is 44.7 Å². The number of carbonyl (C=O) groups excluding carboxylic acids is 3. The van der Waals surface area contributed by atoms with Crippen LogP contribution in [0, 0.1) is 45.3 Å². The Hall–Kier alpha value is -2.39. The molecule has 3 aliphatic carbocycles. The molecule has 11 unspecified atom stereocenters. The Bertz CT molecular complexity index is 1210. The predicted molar refractivity (Wildman–Crippen MR) is 136 cm³/mol. The van der Waals surface area contributed by atoms with E-state index >= 15 is 0 Å². The van der Waals surface area contributed by atoms with Gasteiger partial charge in [0.25, 0.3) is 0 Å². The molecule has 9 heteroatoms. The summed E-state index contributed by atoms with van der Waals surface area (Å²) < 4.78 is 28.3. The summed E-state index contributed by atoms with van der Waals surface area (Å²) in [7, 11) is 2.75. The van der Waals surface area contributed by atoms with Gasteiger partial charge >= 0.3 is 17.9 Å². The van der Waals surface area contributed by atoms with Gasteiger partial charge in [-0.2, -0.15) is 0 Å². The summed E-state index contributed by atoms with van der Waals surface area (Å²) in [6.07, 6.45) is 2.97. The third-order valence-electron chi connectivity index (χ3n) is 12.5. The highest BCUT2D eigenvalue weighted by molar-refractivity contribution is 5.83. The highest BCUT2D eigenvalue weighted by Gasteiger charge is 2.88. The standard InChI is InChI=1S/C30H40O9/c1-26(2)16(23(32)35-6)12-17(24(33)36-7)28(4)18-8-10-27(3)21(15-9-11-37-14-15)38-25(34)22-30(27,39-22)29(18,5)20(31)13-19(26)28/h9,11,14,16-22,31H,8,10,12-13H2,1-7H3. The molecule has 3 saturated carbocycles. The highest BCUT2D eigenvalue weighted by atomic mass is 16.7. The average Bonchev–Trinajstić information content (AvgIpc) is 3.46. The lowest BCUT2D eigenvalue weighted by molar-refractivity contribution is -0.280. The van der Waals surface area contributed by atoms with Crippen molar-refractivity contribution in [2.24, 2.45) is 45.3 Å². The van der Waals surface area contributed by atoms with Gasteiger partial charge < -0.3 is 28.5 Å². The molecule has 0 bridgehead atoms. The first-order valence-electron chi connectivity index (χ1n) is 14.0. The number of fused-ring (bicyclic) bond motifs is 3. The van der Waals surface area contributed by atoms with Gasteiger partial charge in [-0.05, 0) is 54.4 Å². The van der Waals surface area contributed by atoms with Crippen molar-refractivity contribution in [3.05, 3.63) is 24.2 Å². The number of furan rings is 1. The molecule has 5 fully saturated rings. The number of aliphatic hydroxyl groups excluding tert-OH is 1. The Kier molecular flexibility index (Phi) is 5.56. The van der Waals surface area contributed by atoms with Crippen molar-refractivity contribution < 1.29 is 42.9 Å². The number of ether oxygens (including phenoxy) is 4. The summed E-state index contributed by atoms with van der Waals surface area (Å²) in [6.45, 7) is 10.4. The van der Waals surface area contributed by atoms with E-state index < -0.39 is 63.4 Å². The van der Waals surface area contributed by atoms with Crippen LogP contribution in [0.3, 0.4) is 0 Å². The van der Waals surface area contributed by atoms with Gasteiger partial charge in [0, 0.05) is 16.4 Å². The molecule has 0 amide bonds. The first-order valence-corrected chi connectivity index (χ1v) is 14.0. The Morgan fingerprint density at radius 2 is 1.64 bits per heavy atom. The molecule has 214 valence electrons. The smallest absolute Gasteiger partial charge is 0.339 e. The molecule has 9 nitrogen and oxygen atoms in total. The highest BCUT2D eigenvalue weighted by Crippen LogP contribution is 2.81. The van der Waals surface area contributed by atoms with Crippen molar-refractivity contribution in [3.8, 4) is 0 Å². The van der Waals surface area contributed by atoms with Gasteiger partial charge in [-0.25, -0.2) is 4.79 Å². The van der Waals surface area contributed by atoms with Crippen LogP contribution in [-0.2, 0) is 33.3 Å². The summed E-state index contributed by atoms with van der Waals surface area (Å²) in [5.41, 5.74) is -2.88. The van der Waals surface area contributed by atoms with Crippen LogP contribution in [0.4, 0.5) is 0 Å². The fraction of sp³-hybridized carbons (Fsp3) is 0.767. The number of hydrogen-bond donors (Lipinski definition) is 1. The van der Waals surface area contributed by atoms with Crippen LogP contribution < -0.4 is 0 Å². The molecular weight excluding hydrogens is 504 g/mol. The quantitative estimate of drug-likeness (QED) is 0.343. The van der Waals surface area contributed by atoms with Crippen LogP contribution >= 0.6 is 0 Å². The molecule has 0 aromatic carbocycles. The van der Waals surface area contributed by atoms with Crippen LogP contribution in [0.1, 0.15) is 72.0 Å². The lowest BCUT2D eigenvalue weighted by Gasteiger charge is -2.71. The van der Waals surface area contributed by atoms with Crippen molar-refractivity contribution in [2.75, 3.05) is 14.2 Å². The van der Waals surface area contributed by atoms with E-state index in [1.54, 1.807) is 12.5 Å². The van der Waals surface area contributed by atoms with E-state index in [4.69, 9.17) is 23.4 Å². The number of methoxy groups -OCH3 is 2. The molecular formula is C30H40O9. The molecule has 3 heterocycles. The summed E-state index contributed by atoms with van der Waals surface area (Å²) in [6, 6.07) is 1.81. The van der Waals surface area contributed by atoms with E-state index in [9.17, 15) is 19.5 Å². The third kappa shape index (κ3) is 2.91. The number of aliphatic hydroxyl groups is 1. The van der Waals surface area contributed by atoms with Crippen molar-refractivity contribution in [1.82, 2.24) is 0 Å². The van der Waals surface area contributed by atoms with Gasteiger partial charge in [-0.1, -0.05) is 34.6 Å². The molecule has 1 N–H and O–H groups in total. The molecule has 1 spiro atoms. The number of epoxide rings is 1. The zero-order chi connectivity index (χ0) is 28.3. The second-order valence-corrected chi connectivity index (χ2v) is 13.8. The topological polar surface area (TPSA) is 125 Å². The van der Waals surface area contributed by atoms with Gasteiger partial charge in [-0.15, -0.1) is 0 Å². The van der Waals surface area contributed by atoms with Gasteiger partial charge in [0.1, 0.15) is 11.7 Å². The number of carbonyl (C=O) groups is 3. The third-order valence-corrected chi connectivity index (χ3v) is 12.5. The van der Waals surface area contributed by atoms with Crippen LogP contribution in [0.2, 0.25) is 0 Å². The van der Waals surface area contributed by atoms with Crippen LogP contribution in [0.15, 0.2) is 23.0 Å². The summed E-state index contributed by atoms with van der Waals surface area (Å²) in [4.78, 5) is 39.8. The van der Waals surface area contributed by atoms with Crippen molar-refractivity contribution >= 4 is 17.9 Å². The average molecular weight is 545 g/mol. The Labute approximate surface area is 228 Å². The summed E-state index contributed by atoms with van der Waals surface area (Å²) in [5, 5.41) is 12.2. The van der Waals surface area contributed by atoms with Gasteiger partial charge in [0.2, 0.25) is 0 Å². The van der Waals surface area contributed by atoms with E-state index in [1.807, 2.05) is 13.0 Å². The SMILES string of the molecule is COC(=O)C1CC(C(=O)OC)C2(C)C(CC(O)C3(C)C2CCC2(C)C(c4ccoc4)OC(=O)C4OC423)C1(C)C. The van der Waals surface area contributed by atoms with Crippen molar-refractivity contribution in [3.63, 3.8) is 0 Å². The van der Waals surface area contributed by atoms with E-state index in [0.717, 1.165) is 5.56 Å². The second kappa shape index (κ2) is 8.09. The maximum Gasteiger partial charge on any atom is 0.339 e. The zero-order valence-corrected chi connectivity index (χ0v) is 23.8. The summed E-state index contributed by atoms with van der Waals surface area (Å²) in [5.74, 6) is -2.61. The first kappa shape index (κ1) is 26.8. The Balaban J connectivity index is 1.51. The predicted octanol–water partition coefficient (Wildman–Crippen LogP) is 3.83. The van der Waals surface area contributed by atoms with Crippen LogP contribution in [0.25, 0.3) is 0 Å². The fourth-order valence-electron chi connectivity index (χ4n) is 10.6. The first-order chi connectivity index (χ1) is 18.3. The molecule has 39 heavy (non-hydrogen) atoms. The largest absolute Gasteiger partial charge is 0.472 e.